The van der Waals surface area contributed by atoms with Crippen LogP contribution in [-0.2, 0) is 6.54 Å². The number of para-hydroxylation sites is 1. The SMILES string of the molecule is Cc1cccc2c1[nH]c(=S)n2CC1(N(C)C)CCC1. The molecular weight excluding hydrogens is 254 g/mol. The molecule has 3 nitrogen and oxygen atoms in total. The van der Waals surface area contributed by atoms with Crippen molar-refractivity contribution >= 4 is 23.3 Å². The van der Waals surface area contributed by atoms with Gasteiger partial charge in [0, 0.05) is 12.1 Å². The number of imidazole rings is 1. The Balaban J connectivity index is 2.08. The summed E-state index contributed by atoms with van der Waals surface area (Å²) < 4.78 is 3.12. The van der Waals surface area contributed by atoms with E-state index in [0.29, 0.717) is 0 Å². The van der Waals surface area contributed by atoms with Crippen LogP contribution < -0.4 is 0 Å². The van der Waals surface area contributed by atoms with Gasteiger partial charge in [0.15, 0.2) is 4.77 Å². The summed E-state index contributed by atoms with van der Waals surface area (Å²) in [6, 6.07) is 6.40. The molecule has 1 saturated carbocycles. The number of hydrogen-bond donors (Lipinski definition) is 1. The van der Waals surface area contributed by atoms with Crippen LogP contribution in [0.2, 0.25) is 0 Å². The van der Waals surface area contributed by atoms with Gasteiger partial charge in [0.05, 0.1) is 11.0 Å². The van der Waals surface area contributed by atoms with Crippen molar-refractivity contribution in [3.05, 3.63) is 28.5 Å². The van der Waals surface area contributed by atoms with Crippen LogP contribution in [0.1, 0.15) is 24.8 Å². The van der Waals surface area contributed by atoms with E-state index in [0.717, 1.165) is 11.3 Å². The van der Waals surface area contributed by atoms with E-state index in [9.17, 15) is 0 Å². The lowest BCUT2D eigenvalue weighted by Gasteiger charge is -2.47. The molecule has 0 bridgehead atoms. The van der Waals surface area contributed by atoms with E-state index in [-0.39, 0.29) is 5.54 Å². The molecule has 1 N–H and O–H groups in total. The third-order valence-electron chi connectivity index (χ3n) is 4.70. The Morgan fingerprint density at radius 2 is 2.11 bits per heavy atom. The summed E-state index contributed by atoms with van der Waals surface area (Å²) >= 11 is 5.53. The first kappa shape index (κ1) is 12.9. The van der Waals surface area contributed by atoms with Crippen LogP contribution in [0.3, 0.4) is 0 Å². The van der Waals surface area contributed by atoms with Gasteiger partial charge < -0.3 is 14.5 Å². The van der Waals surface area contributed by atoms with E-state index in [1.54, 1.807) is 0 Å². The number of nitrogens with one attached hydrogen (secondary N) is 1. The number of H-pyrrole nitrogens is 1. The summed E-state index contributed by atoms with van der Waals surface area (Å²) in [7, 11) is 4.37. The molecule has 0 unspecified atom stereocenters. The van der Waals surface area contributed by atoms with Crippen molar-refractivity contribution in [3.63, 3.8) is 0 Å². The van der Waals surface area contributed by atoms with Crippen LogP contribution in [0.25, 0.3) is 11.0 Å². The molecule has 1 aliphatic rings. The first-order valence-electron chi connectivity index (χ1n) is 6.89. The van der Waals surface area contributed by atoms with Gasteiger partial charge in [-0.15, -0.1) is 0 Å². The minimum Gasteiger partial charge on any atom is -0.330 e. The third kappa shape index (κ3) is 1.94. The van der Waals surface area contributed by atoms with E-state index < -0.39 is 0 Å². The molecule has 2 aromatic rings. The average Bonchev–Trinajstić information content (AvgIpc) is 2.61. The van der Waals surface area contributed by atoms with Gasteiger partial charge in [-0.1, -0.05) is 12.1 Å². The van der Waals surface area contributed by atoms with Crippen LogP contribution in [-0.4, -0.2) is 34.1 Å². The fourth-order valence-corrected chi connectivity index (χ4v) is 3.37. The Morgan fingerprint density at radius 3 is 2.68 bits per heavy atom. The number of likely N-dealkylation sites (N-methyl/N-ethyl adjacent to an activating group) is 1. The van der Waals surface area contributed by atoms with Gasteiger partial charge in [-0.05, 0) is 64.1 Å². The highest BCUT2D eigenvalue weighted by Gasteiger charge is 2.39. The normalized spacial score (nSPS) is 17.9. The summed E-state index contributed by atoms with van der Waals surface area (Å²) in [4.78, 5) is 5.73. The summed E-state index contributed by atoms with van der Waals surface area (Å²) in [5.74, 6) is 0. The second-order valence-electron chi connectivity index (χ2n) is 5.96. The highest BCUT2D eigenvalue weighted by molar-refractivity contribution is 7.71. The number of aryl methyl sites for hydroxylation is 1. The van der Waals surface area contributed by atoms with Gasteiger partial charge in [0.1, 0.15) is 0 Å². The maximum absolute atomic E-state index is 5.53. The highest BCUT2D eigenvalue weighted by atomic mass is 32.1. The molecule has 1 aromatic heterocycles. The Kier molecular flexibility index (Phi) is 3.02. The Labute approximate surface area is 119 Å². The lowest BCUT2D eigenvalue weighted by molar-refractivity contribution is 0.0431. The zero-order valence-electron chi connectivity index (χ0n) is 11.9. The molecule has 102 valence electrons. The Morgan fingerprint density at radius 1 is 1.37 bits per heavy atom. The zero-order chi connectivity index (χ0) is 13.6. The van der Waals surface area contributed by atoms with E-state index in [4.69, 9.17) is 12.2 Å². The van der Waals surface area contributed by atoms with Crippen LogP contribution in [0.4, 0.5) is 0 Å². The second-order valence-corrected chi connectivity index (χ2v) is 6.34. The zero-order valence-corrected chi connectivity index (χ0v) is 12.7. The fourth-order valence-electron chi connectivity index (χ4n) is 3.11. The number of fused-ring (bicyclic) bond motifs is 1. The predicted octanol–water partition coefficient (Wildman–Crippen LogP) is 3.49. The molecule has 0 saturated heterocycles. The third-order valence-corrected chi connectivity index (χ3v) is 5.03. The maximum Gasteiger partial charge on any atom is 0.178 e. The molecule has 1 aromatic carbocycles. The molecule has 0 radical (unpaired) electrons. The highest BCUT2D eigenvalue weighted by Crippen LogP contribution is 2.38. The standard InChI is InChI=1S/C15H21N3S/c1-11-6-4-7-12-13(11)16-14(19)18(12)10-15(17(2)3)8-5-9-15/h4,6-7H,5,8-10H2,1-3H3,(H,16,19). The maximum atomic E-state index is 5.53. The minimum absolute atomic E-state index is 0.289. The molecule has 19 heavy (non-hydrogen) atoms. The minimum atomic E-state index is 0.289. The Bertz CT molecular complexity index is 662. The summed E-state index contributed by atoms with van der Waals surface area (Å²) in [6.07, 6.45) is 3.85. The van der Waals surface area contributed by atoms with E-state index in [2.05, 4.69) is 53.7 Å². The van der Waals surface area contributed by atoms with Crippen molar-refractivity contribution in [2.75, 3.05) is 14.1 Å². The van der Waals surface area contributed by atoms with Crippen LogP contribution in [0.5, 0.6) is 0 Å². The van der Waals surface area contributed by atoms with Gasteiger partial charge in [0.2, 0.25) is 0 Å². The lowest BCUT2D eigenvalue weighted by atomic mass is 9.75. The molecule has 0 amide bonds. The number of aromatic amines is 1. The van der Waals surface area contributed by atoms with Crippen molar-refractivity contribution < 1.29 is 0 Å². The van der Waals surface area contributed by atoms with Crippen LogP contribution >= 0.6 is 12.2 Å². The summed E-state index contributed by atoms with van der Waals surface area (Å²) in [5, 5.41) is 0. The van der Waals surface area contributed by atoms with Gasteiger partial charge in [-0.2, -0.15) is 0 Å². The molecule has 0 atom stereocenters. The van der Waals surface area contributed by atoms with Gasteiger partial charge in [-0.3, -0.25) is 0 Å². The quantitative estimate of drug-likeness (QED) is 0.867. The largest absolute Gasteiger partial charge is 0.330 e. The molecule has 3 rings (SSSR count). The number of nitrogens with zero attached hydrogens (tertiary/aromatic N) is 2. The topological polar surface area (TPSA) is 24.0 Å². The smallest absolute Gasteiger partial charge is 0.178 e. The average molecular weight is 275 g/mol. The van der Waals surface area contributed by atoms with Gasteiger partial charge in [-0.25, -0.2) is 0 Å². The van der Waals surface area contributed by atoms with Crippen molar-refractivity contribution in [1.82, 2.24) is 14.5 Å². The molecule has 1 fully saturated rings. The van der Waals surface area contributed by atoms with E-state index in [1.807, 2.05) is 0 Å². The monoisotopic (exact) mass is 275 g/mol. The van der Waals surface area contributed by atoms with Crippen LogP contribution in [0.15, 0.2) is 18.2 Å². The van der Waals surface area contributed by atoms with Gasteiger partial charge >= 0.3 is 0 Å². The number of aromatic nitrogens is 2. The fraction of sp³-hybridized carbons (Fsp3) is 0.533. The Hall–Kier alpha value is -1.13. The van der Waals surface area contributed by atoms with Crippen molar-refractivity contribution in [2.24, 2.45) is 0 Å². The molecule has 1 aliphatic carbocycles. The number of benzene rings is 1. The van der Waals surface area contributed by atoms with Crippen molar-refractivity contribution in [3.8, 4) is 0 Å². The van der Waals surface area contributed by atoms with E-state index >= 15 is 0 Å². The molecular formula is C15H21N3S. The summed E-state index contributed by atoms with van der Waals surface area (Å²) in [5.41, 5.74) is 3.96. The molecule has 0 spiro atoms. The second kappa shape index (κ2) is 4.46. The van der Waals surface area contributed by atoms with E-state index in [1.165, 1.54) is 35.9 Å². The van der Waals surface area contributed by atoms with Crippen molar-refractivity contribution in [2.45, 2.75) is 38.3 Å². The molecule has 0 aliphatic heterocycles. The lowest BCUT2D eigenvalue weighted by Crippen LogP contribution is -2.53. The molecule has 4 heteroatoms. The van der Waals surface area contributed by atoms with Crippen molar-refractivity contribution in [1.29, 1.82) is 0 Å². The molecule has 1 heterocycles. The van der Waals surface area contributed by atoms with Gasteiger partial charge in [0.25, 0.3) is 0 Å². The first-order valence-corrected chi connectivity index (χ1v) is 7.30. The first-order chi connectivity index (χ1) is 9.03. The predicted molar refractivity (Wildman–Crippen MR) is 82.1 cm³/mol. The summed E-state index contributed by atoms with van der Waals surface area (Å²) in [6.45, 7) is 3.12. The van der Waals surface area contributed by atoms with Crippen LogP contribution in [0, 0.1) is 11.7 Å². The number of rotatable bonds is 3. The number of hydrogen-bond acceptors (Lipinski definition) is 2.